The summed E-state index contributed by atoms with van der Waals surface area (Å²) in [5.74, 6) is -0.0467. The Bertz CT molecular complexity index is 611. The predicted octanol–water partition coefficient (Wildman–Crippen LogP) is 2.11. The molecule has 4 nitrogen and oxygen atoms in total. The molecule has 2 N–H and O–H groups in total. The van der Waals surface area contributed by atoms with E-state index in [1.54, 1.807) is 24.4 Å². The number of nitrogens with zero attached hydrogens (tertiary/aromatic N) is 1. The van der Waals surface area contributed by atoms with Gasteiger partial charge < -0.3 is 10.4 Å². The highest BCUT2D eigenvalue weighted by molar-refractivity contribution is 5.92. The summed E-state index contributed by atoms with van der Waals surface area (Å²) in [5.41, 5.74) is 0.226. The molecule has 3 rings (SSSR count). The van der Waals surface area contributed by atoms with Gasteiger partial charge >= 0.3 is 0 Å². The lowest BCUT2D eigenvalue weighted by atomic mass is 9.88. The first-order valence-electron chi connectivity index (χ1n) is 7.17. The van der Waals surface area contributed by atoms with Gasteiger partial charge in [-0.3, -0.25) is 9.78 Å². The summed E-state index contributed by atoms with van der Waals surface area (Å²) in [6.45, 7) is 0.205. The van der Waals surface area contributed by atoms with Crippen LogP contribution in [-0.2, 0) is 5.60 Å². The minimum Gasteiger partial charge on any atom is -0.383 e. The molecule has 4 heteroatoms. The molecular formula is C17H18N2O2. The summed E-state index contributed by atoms with van der Waals surface area (Å²) in [7, 11) is 0. The minimum absolute atomic E-state index is 0.205. The Hall–Kier alpha value is -2.20. The third-order valence-corrected chi connectivity index (χ3v) is 3.94. The molecule has 1 aromatic heterocycles. The zero-order valence-electron chi connectivity index (χ0n) is 11.7. The number of carbonyl (C=O) groups is 1. The van der Waals surface area contributed by atoms with E-state index < -0.39 is 5.60 Å². The second-order valence-corrected chi connectivity index (χ2v) is 5.46. The van der Waals surface area contributed by atoms with Crippen molar-refractivity contribution in [3.05, 3.63) is 66.0 Å². The Morgan fingerprint density at radius 1 is 1.19 bits per heavy atom. The van der Waals surface area contributed by atoms with Crippen molar-refractivity contribution in [2.24, 2.45) is 5.92 Å². The average Bonchev–Trinajstić information content (AvgIpc) is 3.39. The van der Waals surface area contributed by atoms with Crippen molar-refractivity contribution >= 4 is 5.91 Å². The van der Waals surface area contributed by atoms with Crippen molar-refractivity contribution in [3.8, 4) is 0 Å². The number of hydrogen-bond acceptors (Lipinski definition) is 3. The number of pyridine rings is 1. The third-order valence-electron chi connectivity index (χ3n) is 3.94. The standard InChI is InChI=1S/C17H18N2O2/c20-16(15-8-4-5-11-18-15)19-12-17(21,14-9-10-14)13-6-2-1-3-7-13/h1-8,11,14,21H,9-10,12H2,(H,19,20). The van der Waals surface area contributed by atoms with Gasteiger partial charge in [-0.15, -0.1) is 0 Å². The van der Waals surface area contributed by atoms with E-state index in [4.69, 9.17) is 0 Å². The molecule has 1 saturated carbocycles. The topological polar surface area (TPSA) is 62.2 Å². The van der Waals surface area contributed by atoms with Crippen LogP contribution in [0.5, 0.6) is 0 Å². The molecule has 0 bridgehead atoms. The fraction of sp³-hybridized carbons (Fsp3) is 0.294. The van der Waals surface area contributed by atoms with E-state index in [0.717, 1.165) is 18.4 Å². The second kappa shape index (κ2) is 5.66. The highest BCUT2D eigenvalue weighted by Gasteiger charge is 2.45. The fourth-order valence-electron chi connectivity index (χ4n) is 2.57. The molecule has 1 atom stereocenters. The van der Waals surface area contributed by atoms with Gasteiger partial charge in [0.25, 0.3) is 5.91 Å². The van der Waals surface area contributed by atoms with Crippen molar-refractivity contribution in [2.75, 3.05) is 6.54 Å². The number of aromatic nitrogens is 1. The quantitative estimate of drug-likeness (QED) is 0.883. The largest absolute Gasteiger partial charge is 0.383 e. The number of carbonyl (C=O) groups excluding carboxylic acids is 1. The first-order valence-corrected chi connectivity index (χ1v) is 7.17. The van der Waals surface area contributed by atoms with E-state index in [1.807, 2.05) is 30.3 Å². The SMILES string of the molecule is O=C(NCC(O)(c1ccccc1)C1CC1)c1ccccn1. The van der Waals surface area contributed by atoms with Gasteiger partial charge in [0.1, 0.15) is 11.3 Å². The minimum atomic E-state index is -0.994. The Labute approximate surface area is 123 Å². The maximum absolute atomic E-state index is 12.1. The van der Waals surface area contributed by atoms with Gasteiger partial charge in [0.15, 0.2) is 0 Å². The summed E-state index contributed by atoms with van der Waals surface area (Å²) in [6.07, 6.45) is 3.56. The molecule has 1 aliphatic rings. The maximum Gasteiger partial charge on any atom is 0.269 e. The molecule has 1 heterocycles. The molecule has 0 aliphatic heterocycles. The monoisotopic (exact) mass is 282 g/mol. The van der Waals surface area contributed by atoms with Crippen LogP contribution >= 0.6 is 0 Å². The van der Waals surface area contributed by atoms with Crippen molar-refractivity contribution in [2.45, 2.75) is 18.4 Å². The van der Waals surface area contributed by atoms with Gasteiger partial charge in [-0.25, -0.2) is 0 Å². The number of benzene rings is 1. The lowest BCUT2D eigenvalue weighted by Crippen LogP contribution is -2.42. The smallest absolute Gasteiger partial charge is 0.269 e. The molecule has 1 unspecified atom stereocenters. The zero-order chi connectivity index (χ0) is 14.7. The van der Waals surface area contributed by atoms with Gasteiger partial charge in [-0.1, -0.05) is 36.4 Å². The van der Waals surface area contributed by atoms with E-state index in [-0.39, 0.29) is 18.4 Å². The molecule has 0 spiro atoms. The normalized spacial score (nSPS) is 17.0. The molecule has 1 aromatic carbocycles. The Kier molecular flexibility index (Phi) is 3.71. The van der Waals surface area contributed by atoms with Crippen molar-refractivity contribution in [3.63, 3.8) is 0 Å². The van der Waals surface area contributed by atoms with Gasteiger partial charge in [0.05, 0.1) is 6.54 Å². The van der Waals surface area contributed by atoms with Gasteiger partial charge in [0, 0.05) is 6.20 Å². The summed E-state index contributed by atoms with van der Waals surface area (Å²) in [5, 5.41) is 13.8. The molecule has 108 valence electrons. The first-order chi connectivity index (χ1) is 10.2. The van der Waals surface area contributed by atoms with E-state index in [0.29, 0.717) is 5.69 Å². The molecule has 0 saturated heterocycles. The molecule has 1 aliphatic carbocycles. The van der Waals surface area contributed by atoms with Crippen LogP contribution < -0.4 is 5.32 Å². The van der Waals surface area contributed by atoms with Crippen LogP contribution in [0.15, 0.2) is 54.7 Å². The van der Waals surface area contributed by atoms with Crippen LogP contribution in [0.2, 0.25) is 0 Å². The number of rotatable bonds is 5. The van der Waals surface area contributed by atoms with E-state index >= 15 is 0 Å². The number of nitrogens with one attached hydrogen (secondary N) is 1. The summed E-state index contributed by atoms with van der Waals surface area (Å²) in [4.78, 5) is 16.1. The first kappa shape index (κ1) is 13.8. The predicted molar refractivity (Wildman–Crippen MR) is 79.6 cm³/mol. The van der Waals surface area contributed by atoms with Crippen LogP contribution in [0.25, 0.3) is 0 Å². The summed E-state index contributed by atoms with van der Waals surface area (Å²) < 4.78 is 0. The highest BCUT2D eigenvalue weighted by Crippen LogP contribution is 2.45. The molecule has 1 fully saturated rings. The van der Waals surface area contributed by atoms with Gasteiger partial charge in [-0.05, 0) is 36.5 Å². The van der Waals surface area contributed by atoms with Gasteiger partial charge in [0.2, 0.25) is 0 Å². The maximum atomic E-state index is 12.1. The molecule has 0 radical (unpaired) electrons. The average molecular weight is 282 g/mol. The Morgan fingerprint density at radius 2 is 1.90 bits per heavy atom. The molecule has 2 aromatic rings. The molecular weight excluding hydrogens is 264 g/mol. The van der Waals surface area contributed by atoms with Crippen molar-refractivity contribution in [1.29, 1.82) is 0 Å². The molecule has 1 amide bonds. The van der Waals surface area contributed by atoms with E-state index in [9.17, 15) is 9.90 Å². The van der Waals surface area contributed by atoms with Crippen LogP contribution in [0, 0.1) is 5.92 Å². The Morgan fingerprint density at radius 3 is 2.52 bits per heavy atom. The van der Waals surface area contributed by atoms with Crippen LogP contribution in [0.1, 0.15) is 28.9 Å². The van der Waals surface area contributed by atoms with Crippen LogP contribution in [0.4, 0.5) is 0 Å². The second-order valence-electron chi connectivity index (χ2n) is 5.46. The van der Waals surface area contributed by atoms with E-state index in [2.05, 4.69) is 10.3 Å². The molecule has 21 heavy (non-hydrogen) atoms. The Balaban J connectivity index is 1.73. The highest BCUT2D eigenvalue weighted by atomic mass is 16.3. The number of amides is 1. The summed E-state index contributed by atoms with van der Waals surface area (Å²) >= 11 is 0. The zero-order valence-corrected chi connectivity index (χ0v) is 11.7. The van der Waals surface area contributed by atoms with E-state index in [1.165, 1.54) is 0 Å². The van der Waals surface area contributed by atoms with Gasteiger partial charge in [-0.2, -0.15) is 0 Å². The number of aliphatic hydroxyl groups is 1. The van der Waals surface area contributed by atoms with Crippen LogP contribution in [0.3, 0.4) is 0 Å². The van der Waals surface area contributed by atoms with Crippen molar-refractivity contribution in [1.82, 2.24) is 10.3 Å². The third kappa shape index (κ3) is 2.95. The van der Waals surface area contributed by atoms with Crippen LogP contribution in [-0.4, -0.2) is 22.5 Å². The lowest BCUT2D eigenvalue weighted by Gasteiger charge is -2.29. The number of hydrogen-bond donors (Lipinski definition) is 2. The fourth-order valence-corrected chi connectivity index (χ4v) is 2.57. The lowest BCUT2D eigenvalue weighted by molar-refractivity contribution is 0.0134. The summed E-state index contributed by atoms with van der Waals surface area (Å²) in [6, 6.07) is 14.7. The van der Waals surface area contributed by atoms with Crippen molar-refractivity contribution < 1.29 is 9.90 Å².